The lowest BCUT2D eigenvalue weighted by Gasteiger charge is -1.99. The molecule has 1 N–H and O–H groups in total. The summed E-state index contributed by atoms with van der Waals surface area (Å²) in [4.78, 5) is 22.0. The Labute approximate surface area is 146 Å². The molecule has 0 atom stereocenters. The average Bonchev–Trinajstić information content (AvgIpc) is 3.11. The van der Waals surface area contributed by atoms with E-state index in [1.165, 1.54) is 42.6 Å². The first-order chi connectivity index (χ1) is 12.5. The Hall–Kier alpha value is -3.81. The molecular formula is C18H12FN3O4. The van der Waals surface area contributed by atoms with Crippen molar-refractivity contribution in [1.29, 1.82) is 0 Å². The van der Waals surface area contributed by atoms with Gasteiger partial charge in [-0.05, 0) is 48.5 Å². The average molecular weight is 353 g/mol. The van der Waals surface area contributed by atoms with Gasteiger partial charge in [-0.1, -0.05) is 0 Å². The third-order valence-corrected chi connectivity index (χ3v) is 3.45. The quantitative estimate of drug-likeness (QED) is 0.429. The van der Waals surface area contributed by atoms with E-state index in [1.54, 1.807) is 24.3 Å². The number of nitro benzene ring substituents is 1. The SMILES string of the molecule is O=C(N/N=C/c1ccc(-c2ccc(F)cc2)o1)c1ccc([N+](=O)[O-])cc1. The minimum absolute atomic E-state index is 0.103. The zero-order chi connectivity index (χ0) is 18.5. The number of hydrogen-bond acceptors (Lipinski definition) is 5. The molecule has 0 aliphatic rings. The summed E-state index contributed by atoms with van der Waals surface area (Å²) in [6, 6.07) is 14.3. The van der Waals surface area contributed by atoms with E-state index in [9.17, 15) is 19.3 Å². The van der Waals surface area contributed by atoms with Gasteiger partial charge in [0.2, 0.25) is 0 Å². The molecule has 0 aliphatic carbocycles. The van der Waals surface area contributed by atoms with Crippen LogP contribution in [0, 0.1) is 15.9 Å². The Bertz CT molecular complexity index is 963. The van der Waals surface area contributed by atoms with Crippen LogP contribution in [0.4, 0.5) is 10.1 Å². The summed E-state index contributed by atoms with van der Waals surface area (Å²) in [7, 11) is 0. The number of rotatable bonds is 5. The van der Waals surface area contributed by atoms with E-state index >= 15 is 0 Å². The third kappa shape index (κ3) is 3.99. The molecule has 2 aromatic carbocycles. The summed E-state index contributed by atoms with van der Waals surface area (Å²) in [6.07, 6.45) is 1.32. The monoisotopic (exact) mass is 353 g/mol. The van der Waals surface area contributed by atoms with Crippen LogP contribution in [0.5, 0.6) is 0 Å². The molecule has 0 saturated heterocycles. The number of hydrogen-bond donors (Lipinski definition) is 1. The van der Waals surface area contributed by atoms with Gasteiger partial charge in [-0.3, -0.25) is 14.9 Å². The Balaban J connectivity index is 1.62. The fourth-order valence-electron chi connectivity index (χ4n) is 2.15. The number of halogens is 1. The normalized spacial score (nSPS) is 10.8. The molecule has 7 nitrogen and oxygen atoms in total. The minimum Gasteiger partial charge on any atom is -0.455 e. The highest BCUT2D eigenvalue weighted by molar-refractivity contribution is 5.94. The Morgan fingerprint density at radius 1 is 1.08 bits per heavy atom. The van der Waals surface area contributed by atoms with Gasteiger partial charge < -0.3 is 4.42 Å². The van der Waals surface area contributed by atoms with E-state index in [1.807, 2.05) is 0 Å². The maximum Gasteiger partial charge on any atom is 0.271 e. The number of non-ortho nitro benzene ring substituents is 1. The molecule has 0 unspecified atom stereocenters. The minimum atomic E-state index is -0.546. The lowest BCUT2D eigenvalue weighted by atomic mass is 10.2. The van der Waals surface area contributed by atoms with Crippen molar-refractivity contribution in [2.45, 2.75) is 0 Å². The van der Waals surface area contributed by atoms with Crippen LogP contribution in [-0.4, -0.2) is 17.0 Å². The van der Waals surface area contributed by atoms with Gasteiger partial charge in [-0.15, -0.1) is 0 Å². The molecule has 0 radical (unpaired) electrons. The summed E-state index contributed by atoms with van der Waals surface area (Å²) in [6.45, 7) is 0. The molecule has 1 aromatic heterocycles. The molecule has 130 valence electrons. The Morgan fingerprint density at radius 2 is 1.77 bits per heavy atom. The second kappa shape index (κ2) is 7.39. The number of amides is 1. The molecule has 0 fully saturated rings. The van der Waals surface area contributed by atoms with Crippen molar-refractivity contribution >= 4 is 17.8 Å². The molecule has 1 heterocycles. The number of nitro groups is 1. The number of carbonyl (C=O) groups excluding carboxylic acids is 1. The number of carbonyl (C=O) groups is 1. The predicted octanol–water partition coefficient (Wildman–Crippen LogP) is 3.76. The molecule has 0 saturated carbocycles. The molecule has 1 amide bonds. The van der Waals surface area contributed by atoms with E-state index in [4.69, 9.17) is 4.42 Å². The number of nitrogens with zero attached hydrogens (tertiary/aromatic N) is 2. The Kier molecular flexibility index (Phi) is 4.84. The standard InChI is InChI=1S/C18H12FN3O4/c19-14-5-1-12(2-6-14)17-10-9-16(26-17)11-20-21-18(23)13-3-7-15(8-4-13)22(24)25/h1-11H,(H,21,23)/b20-11+. The second-order valence-corrected chi connectivity index (χ2v) is 5.21. The van der Waals surface area contributed by atoms with Gasteiger partial charge in [0, 0.05) is 23.3 Å². The fourth-order valence-corrected chi connectivity index (χ4v) is 2.15. The molecule has 0 spiro atoms. The molecular weight excluding hydrogens is 341 g/mol. The lowest BCUT2D eigenvalue weighted by Crippen LogP contribution is -2.17. The summed E-state index contributed by atoms with van der Waals surface area (Å²) in [5.41, 5.74) is 3.15. The number of nitrogens with one attached hydrogen (secondary N) is 1. The zero-order valence-corrected chi connectivity index (χ0v) is 13.3. The number of furan rings is 1. The van der Waals surface area contributed by atoms with E-state index in [0.717, 1.165) is 0 Å². The number of benzene rings is 2. The molecule has 0 aliphatic heterocycles. The van der Waals surface area contributed by atoms with E-state index < -0.39 is 10.8 Å². The maximum atomic E-state index is 12.9. The van der Waals surface area contributed by atoms with Crippen LogP contribution >= 0.6 is 0 Å². The van der Waals surface area contributed by atoms with Crippen LogP contribution in [0.25, 0.3) is 11.3 Å². The first-order valence-corrected chi connectivity index (χ1v) is 7.46. The highest BCUT2D eigenvalue weighted by atomic mass is 19.1. The fraction of sp³-hybridized carbons (Fsp3) is 0. The first kappa shape index (κ1) is 17.0. The topological polar surface area (TPSA) is 97.7 Å². The van der Waals surface area contributed by atoms with Crippen molar-refractivity contribution in [2.24, 2.45) is 5.10 Å². The van der Waals surface area contributed by atoms with Crippen molar-refractivity contribution in [3.8, 4) is 11.3 Å². The molecule has 26 heavy (non-hydrogen) atoms. The van der Waals surface area contributed by atoms with Crippen molar-refractivity contribution in [3.63, 3.8) is 0 Å². The van der Waals surface area contributed by atoms with Crippen LogP contribution in [0.3, 0.4) is 0 Å². The van der Waals surface area contributed by atoms with E-state index in [2.05, 4.69) is 10.5 Å². The van der Waals surface area contributed by atoms with Crippen LogP contribution in [0.1, 0.15) is 16.1 Å². The van der Waals surface area contributed by atoms with Gasteiger partial charge >= 0.3 is 0 Å². The van der Waals surface area contributed by atoms with Crippen LogP contribution in [0.2, 0.25) is 0 Å². The third-order valence-electron chi connectivity index (χ3n) is 3.45. The maximum absolute atomic E-state index is 12.9. The molecule has 3 rings (SSSR count). The van der Waals surface area contributed by atoms with Gasteiger partial charge in [0.1, 0.15) is 17.3 Å². The highest BCUT2D eigenvalue weighted by Gasteiger charge is 2.09. The Morgan fingerprint density at radius 3 is 2.42 bits per heavy atom. The van der Waals surface area contributed by atoms with E-state index in [-0.39, 0.29) is 17.1 Å². The van der Waals surface area contributed by atoms with Crippen molar-refractivity contribution in [3.05, 3.63) is 87.9 Å². The van der Waals surface area contributed by atoms with Crippen molar-refractivity contribution in [1.82, 2.24) is 5.43 Å². The van der Waals surface area contributed by atoms with Gasteiger partial charge in [0.05, 0.1) is 11.1 Å². The molecule has 8 heteroatoms. The lowest BCUT2D eigenvalue weighted by molar-refractivity contribution is -0.384. The van der Waals surface area contributed by atoms with E-state index in [0.29, 0.717) is 17.1 Å². The van der Waals surface area contributed by atoms with Crippen LogP contribution < -0.4 is 5.43 Å². The van der Waals surface area contributed by atoms with Crippen LogP contribution in [0.15, 0.2) is 70.2 Å². The summed E-state index contributed by atoms with van der Waals surface area (Å²) < 4.78 is 18.5. The summed E-state index contributed by atoms with van der Waals surface area (Å²) in [5, 5.41) is 14.4. The smallest absolute Gasteiger partial charge is 0.271 e. The molecule has 0 bridgehead atoms. The van der Waals surface area contributed by atoms with Crippen LogP contribution in [-0.2, 0) is 0 Å². The molecule has 3 aromatic rings. The van der Waals surface area contributed by atoms with Crippen molar-refractivity contribution in [2.75, 3.05) is 0 Å². The summed E-state index contributed by atoms with van der Waals surface area (Å²) in [5.74, 6) is 0.0824. The first-order valence-electron chi connectivity index (χ1n) is 7.46. The zero-order valence-electron chi connectivity index (χ0n) is 13.3. The largest absolute Gasteiger partial charge is 0.455 e. The second-order valence-electron chi connectivity index (χ2n) is 5.21. The number of hydrazone groups is 1. The van der Waals surface area contributed by atoms with Gasteiger partial charge in [-0.25, -0.2) is 9.82 Å². The van der Waals surface area contributed by atoms with Gasteiger partial charge in [0.25, 0.3) is 11.6 Å². The van der Waals surface area contributed by atoms with Crippen molar-refractivity contribution < 1.29 is 18.5 Å². The summed E-state index contributed by atoms with van der Waals surface area (Å²) >= 11 is 0. The van der Waals surface area contributed by atoms with Gasteiger partial charge in [0.15, 0.2) is 0 Å². The highest BCUT2D eigenvalue weighted by Crippen LogP contribution is 2.21. The van der Waals surface area contributed by atoms with Gasteiger partial charge in [-0.2, -0.15) is 5.10 Å². The predicted molar refractivity (Wildman–Crippen MR) is 92.3 cm³/mol.